The van der Waals surface area contributed by atoms with Gasteiger partial charge >= 0.3 is 0 Å². The minimum absolute atomic E-state index is 0.0330. The van der Waals surface area contributed by atoms with Crippen molar-refractivity contribution in [1.82, 2.24) is 10.2 Å². The van der Waals surface area contributed by atoms with Gasteiger partial charge in [-0.05, 0) is 45.6 Å². The molecule has 1 amide bonds. The van der Waals surface area contributed by atoms with Crippen LogP contribution >= 0.6 is 0 Å². The predicted molar refractivity (Wildman–Crippen MR) is 76.4 cm³/mol. The van der Waals surface area contributed by atoms with E-state index in [0.29, 0.717) is 0 Å². The second kappa shape index (κ2) is 7.67. The van der Waals surface area contributed by atoms with Crippen LogP contribution in [-0.4, -0.2) is 38.0 Å². The molecule has 0 aromatic heterocycles. The molecule has 0 atom stereocenters. The minimum Gasteiger partial charge on any atom is -0.353 e. The molecule has 18 heavy (non-hydrogen) atoms. The lowest BCUT2D eigenvalue weighted by molar-refractivity contribution is -0.116. The molecule has 3 heteroatoms. The summed E-state index contributed by atoms with van der Waals surface area (Å²) in [4.78, 5) is 13.6. The fourth-order valence-electron chi connectivity index (χ4n) is 1.52. The van der Waals surface area contributed by atoms with E-state index in [-0.39, 0.29) is 5.91 Å². The standard InChI is InChI=1S/C15H22N2O/c1-13-5-7-14(8-6-13)9-10-15(18)16-11-4-12-17(2)3/h5-10H,4,11-12H2,1-3H3,(H,16,18)/b10-9+. The Hall–Kier alpha value is -1.61. The number of aryl methyl sites for hydroxylation is 1. The van der Waals surface area contributed by atoms with Crippen LogP contribution in [0.3, 0.4) is 0 Å². The molecule has 0 aliphatic carbocycles. The molecule has 1 rings (SSSR count). The summed E-state index contributed by atoms with van der Waals surface area (Å²) < 4.78 is 0. The van der Waals surface area contributed by atoms with E-state index in [0.717, 1.165) is 25.1 Å². The van der Waals surface area contributed by atoms with Crippen molar-refractivity contribution in [3.05, 3.63) is 41.5 Å². The lowest BCUT2D eigenvalue weighted by Gasteiger charge is -2.08. The van der Waals surface area contributed by atoms with Gasteiger partial charge in [0.1, 0.15) is 0 Å². The van der Waals surface area contributed by atoms with E-state index in [1.165, 1.54) is 5.56 Å². The summed E-state index contributed by atoms with van der Waals surface area (Å²) >= 11 is 0. The summed E-state index contributed by atoms with van der Waals surface area (Å²) in [5.41, 5.74) is 2.27. The van der Waals surface area contributed by atoms with Crippen molar-refractivity contribution in [3.63, 3.8) is 0 Å². The third-order valence-corrected chi connectivity index (χ3v) is 2.59. The van der Waals surface area contributed by atoms with Crippen molar-refractivity contribution in [2.75, 3.05) is 27.2 Å². The first-order valence-corrected chi connectivity index (χ1v) is 6.25. The fraction of sp³-hybridized carbons (Fsp3) is 0.400. The van der Waals surface area contributed by atoms with E-state index in [1.807, 2.05) is 51.4 Å². The molecule has 0 saturated heterocycles. The van der Waals surface area contributed by atoms with Crippen LogP contribution in [0.5, 0.6) is 0 Å². The number of hydrogen-bond donors (Lipinski definition) is 1. The van der Waals surface area contributed by atoms with Crippen molar-refractivity contribution in [1.29, 1.82) is 0 Å². The highest BCUT2D eigenvalue weighted by atomic mass is 16.1. The number of carbonyl (C=O) groups is 1. The van der Waals surface area contributed by atoms with E-state index in [4.69, 9.17) is 0 Å². The quantitative estimate of drug-likeness (QED) is 0.615. The van der Waals surface area contributed by atoms with E-state index >= 15 is 0 Å². The topological polar surface area (TPSA) is 32.3 Å². The Morgan fingerprint density at radius 2 is 1.94 bits per heavy atom. The van der Waals surface area contributed by atoms with Gasteiger partial charge in [-0.2, -0.15) is 0 Å². The molecule has 0 fully saturated rings. The van der Waals surface area contributed by atoms with E-state index in [1.54, 1.807) is 6.08 Å². The van der Waals surface area contributed by atoms with Crippen molar-refractivity contribution in [2.24, 2.45) is 0 Å². The summed E-state index contributed by atoms with van der Waals surface area (Å²) in [7, 11) is 4.05. The van der Waals surface area contributed by atoms with Gasteiger partial charge < -0.3 is 10.2 Å². The van der Waals surface area contributed by atoms with Crippen LogP contribution in [0.1, 0.15) is 17.5 Å². The second-order valence-corrected chi connectivity index (χ2v) is 4.69. The molecular weight excluding hydrogens is 224 g/mol. The Balaban J connectivity index is 2.29. The number of benzene rings is 1. The Morgan fingerprint density at radius 1 is 1.28 bits per heavy atom. The maximum atomic E-state index is 11.5. The number of amides is 1. The highest BCUT2D eigenvalue weighted by molar-refractivity contribution is 5.91. The summed E-state index contributed by atoms with van der Waals surface area (Å²) in [6.07, 6.45) is 4.39. The van der Waals surface area contributed by atoms with Crippen LogP contribution < -0.4 is 5.32 Å². The summed E-state index contributed by atoms with van der Waals surface area (Å²) in [5, 5.41) is 2.87. The Kier molecular flexibility index (Phi) is 6.15. The van der Waals surface area contributed by atoms with Gasteiger partial charge in [0.2, 0.25) is 5.91 Å². The molecule has 1 N–H and O–H groups in total. The van der Waals surface area contributed by atoms with Gasteiger partial charge in [-0.1, -0.05) is 29.8 Å². The molecule has 0 spiro atoms. The van der Waals surface area contributed by atoms with Crippen LogP contribution in [0, 0.1) is 6.92 Å². The molecular formula is C15H22N2O. The Morgan fingerprint density at radius 3 is 2.56 bits per heavy atom. The largest absolute Gasteiger partial charge is 0.353 e. The van der Waals surface area contributed by atoms with Gasteiger partial charge in [0.15, 0.2) is 0 Å². The summed E-state index contributed by atoms with van der Waals surface area (Å²) in [5.74, 6) is -0.0330. The summed E-state index contributed by atoms with van der Waals surface area (Å²) in [6, 6.07) is 8.08. The smallest absolute Gasteiger partial charge is 0.243 e. The monoisotopic (exact) mass is 246 g/mol. The zero-order valence-electron chi connectivity index (χ0n) is 11.4. The lowest BCUT2D eigenvalue weighted by atomic mass is 10.1. The van der Waals surface area contributed by atoms with Crippen molar-refractivity contribution in [2.45, 2.75) is 13.3 Å². The average Bonchev–Trinajstić information content (AvgIpc) is 2.34. The molecule has 3 nitrogen and oxygen atoms in total. The maximum absolute atomic E-state index is 11.5. The normalized spacial score (nSPS) is 11.1. The molecule has 98 valence electrons. The molecule has 0 unspecified atom stereocenters. The van der Waals surface area contributed by atoms with Crippen LogP contribution in [0.2, 0.25) is 0 Å². The molecule has 1 aromatic rings. The lowest BCUT2D eigenvalue weighted by Crippen LogP contribution is -2.25. The molecule has 1 aromatic carbocycles. The first-order valence-electron chi connectivity index (χ1n) is 6.25. The van der Waals surface area contributed by atoms with Crippen LogP contribution in [0.4, 0.5) is 0 Å². The second-order valence-electron chi connectivity index (χ2n) is 4.69. The van der Waals surface area contributed by atoms with Crippen molar-refractivity contribution >= 4 is 12.0 Å². The predicted octanol–water partition coefficient (Wildman–Crippen LogP) is 2.08. The third-order valence-electron chi connectivity index (χ3n) is 2.59. The van der Waals surface area contributed by atoms with Gasteiger partial charge in [0.25, 0.3) is 0 Å². The fourth-order valence-corrected chi connectivity index (χ4v) is 1.52. The SMILES string of the molecule is Cc1ccc(/C=C/C(=O)NCCCN(C)C)cc1. The van der Waals surface area contributed by atoms with Gasteiger partial charge in [-0.25, -0.2) is 0 Å². The zero-order valence-corrected chi connectivity index (χ0v) is 11.4. The first-order chi connectivity index (χ1) is 8.58. The molecule has 0 bridgehead atoms. The van der Waals surface area contributed by atoms with E-state index in [2.05, 4.69) is 10.2 Å². The number of carbonyl (C=O) groups excluding carboxylic acids is 1. The van der Waals surface area contributed by atoms with Gasteiger partial charge in [0, 0.05) is 12.6 Å². The van der Waals surface area contributed by atoms with Crippen molar-refractivity contribution in [3.8, 4) is 0 Å². The first kappa shape index (κ1) is 14.5. The number of nitrogens with zero attached hydrogens (tertiary/aromatic N) is 1. The Bertz CT molecular complexity index is 393. The number of hydrogen-bond acceptors (Lipinski definition) is 2. The zero-order chi connectivity index (χ0) is 13.4. The average molecular weight is 246 g/mol. The maximum Gasteiger partial charge on any atom is 0.243 e. The van der Waals surface area contributed by atoms with E-state index < -0.39 is 0 Å². The van der Waals surface area contributed by atoms with Gasteiger partial charge in [-0.3, -0.25) is 4.79 Å². The molecule has 0 aliphatic rings. The Labute approximate surface area is 109 Å². The highest BCUT2D eigenvalue weighted by Crippen LogP contribution is 2.04. The molecule has 0 saturated carbocycles. The molecule has 0 radical (unpaired) electrons. The molecule has 0 aliphatic heterocycles. The van der Waals surface area contributed by atoms with Gasteiger partial charge in [-0.15, -0.1) is 0 Å². The third kappa shape index (κ3) is 6.21. The van der Waals surface area contributed by atoms with E-state index in [9.17, 15) is 4.79 Å². The minimum atomic E-state index is -0.0330. The van der Waals surface area contributed by atoms with Gasteiger partial charge in [0.05, 0.1) is 0 Å². The van der Waals surface area contributed by atoms with Crippen LogP contribution in [0.25, 0.3) is 6.08 Å². The van der Waals surface area contributed by atoms with Crippen molar-refractivity contribution < 1.29 is 4.79 Å². The molecule has 0 heterocycles. The summed E-state index contributed by atoms with van der Waals surface area (Å²) in [6.45, 7) is 3.75. The number of nitrogens with one attached hydrogen (secondary N) is 1. The van der Waals surface area contributed by atoms with Crippen LogP contribution in [-0.2, 0) is 4.79 Å². The van der Waals surface area contributed by atoms with Crippen LogP contribution in [0.15, 0.2) is 30.3 Å². The highest BCUT2D eigenvalue weighted by Gasteiger charge is 1.95. The number of rotatable bonds is 6.